The third kappa shape index (κ3) is 8.04. The molecule has 2 rings (SSSR count). The van der Waals surface area contributed by atoms with E-state index in [1.165, 1.54) is 68.9 Å². The van der Waals surface area contributed by atoms with Crippen LogP contribution < -0.4 is 9.13 Å². The van der Waals surface area contributed by atoms with Crippen LogP contribution in [0.2, 0.25) is 0 Å². The number of pyridine rings is 2. The summed E-state index contributed by atoms with van der Waals surface area (Å²) in [5.74, 6) is 1.04. The highest BCUT2D eigenvalue weighted by atomic mass is 32.1. The monoisotopic (exact) mass is 358 g/mol. The molecule has 2 heterocycles. The Labute approximate surface area is 159 Å². The molecule has 2 aromatic heterocycles. The highest BCUT2D eigenvalue weighted by Crippen LogP contribution is 2.15. The largest absolute Gasteiger partial charge is 0.208 e. The average molecular weight is 359 g/mol. The SMILES string of the molecule is C[n+]1ccc(-c2cc[n+](CCCCCCCCCCCS)cc2)cc1. The van der Waals surface area contributed by atoms with Crippen molar-refractivity contribution >= 4 is 12.6 Å². The Balaban J connectivity index is 1.58. The van der Waals surface area contributed by atoms with Crippen LogP contribution in [-0.4, -0.2) is 5.75 Å². The maximum absolute atomic E-state index is 4.26. The fraction of sp³-hybridized carbons (Fsp3) is 0.545. The molecule has 0 aliphatic heterocycles. The first kappa shape index (κ1) is 20.0. The molecule has 0 bridgehead atoms. The Morgan fingerprint density at radius 3 is 1.60 bits per heavy atom. The molecule has 0 fully saturated rings. The molecule has 25 heavy (non-hydrogen) atoms. The fourth-order valence-electron chi connectivity index (χ4n) is 3.14. The maximum atomic E-state index is 4.26. The summed E-state index contributed by atoms with van der Waals surface area (Å²) in [6.45, 7) is 1.13. The Bertz CT molecular complexity index is 578. The van der Waals surface area contributed by atoms with Gasteiger partial charge in [0.05, 0.1) is 0 Å². The van der Waals surface area contributed by atoms with Crippen molar-refractivity contribution in [3.63, 3.8) is 0 Å². The highest BCUT2D eigenvalue weighted by Gasteiger charge is 2.04. The van der Waals surface area contributed by atoms with Gasteiger partial charge in [0.2, 0.25) is 0 Å². The van der Waals surface area contributed by atoms with E-state index in [4.69, 9.17) is 0 Å². The van der Waals surface area contributed by atoms with Crippen LogP contribution in [0.3, 0.4) is 0 Å². The van der Waals surface area contributed by atoms with Gasteiger partial charge in [0.15, 0.2) is 24.8 Å². The first-order valence-electron chi connectivity index (χ1n) is 9.85. The van der Waals surface area contributed by atoms with Crippen LogP contribution in [-0.2, 0) is 13.6 Å². The van der Waals surface area contributed by atoms with Crippen LogP contribution in [0.5, 0.6) is 0 Å². The van der Waals surface area contributed by atoms with Crippen molar-refractivity contribution in [2.75, 3.05) is 5.75 Å². The third-order valence-corrected chi connectivity index (χ3v) is 5.09. The van der Waals surface area contributed by atoms with Crippen molar-refractivity contribution < 1.29 is 9.13 Å². The minimum Gasteiger partial charge on any atom is -0.208 e. The van der Waals surface area contributed by atoms with E-state index in [0.29, 0.717) is 0 Å². The molecule has 0 unspecified atom stereocenters. The number of unbranched alkanes of at least 4 members (excludes halogenated alkanes) is 8. The number of rotatable bonds is 12. The van der Waals surface area contributed by atoms with E-state index in [1.807, 2.05) is 7.05 Å². The molecule has 0 N–H and O–H groups in total. The van der Waals surface area contributed by atoms with Gasteiger partial charge < -0.3 is 0 Å². The van der Waals surface area contributed by atoms with Crippen molar-refractivity contribution in [1.82, 2.24) is 0 Å². The average Bonchev–Trinajstić information content (AvgIpc) is 2.64. The Kier molecular flexibility index (Phi) is 9.65. The summed E-state index contributed by atoms with van der Waals surface area (Å²) in [6, 6.07) is 8.77. The van der Waals surface area contributed by atoms with Gasteiger partial charge in [0.1, 0.15) is 13.6 Å². The van der Waals surface area contributed by atoms with Gasteiger partial charge in [-0.05, 0) is 29.7 Å². The van der Waals surface area contributed by atoms with Gasteiger partial charge in [0, 0.05) is 30.7 Å². The predicted molar refractivity (Wildman–Crippen MR) is 109 cm³/mol. The molecule has 136 valence electrons. The van der Waals surface area contributed by atoms with Crippen LogP contribution in [0, 0.1) is 0 Å². The molecule has 0 saturated carbocycles. The molecule has 0 amide bonds. The number of aromatic nitrogens is 2. The zero-order valence-electron chi connectivity index (χ0n) is 15.7. The lowest BCUT2D eigenvalue weighted by Gasteiger charge is -2.02. The molecular formula is C22H34N2S+2. The van der Waals surface area contributed by atoms with Gasteiger partial charge in [-0.1, -0.05) is 38.5 Å². The standard InChI is InChI=1S/C22H33N2S/c1-23-16-11-21(12-17-23)22-13-18-24(19-14-22)15-9-7-5-3-2-4-6-8-10-20-25/h11-14,16-19H,2-10,15,20H2,1H3/q+1/p+1. The van der Waals surface area contributed by atoms with Gasteiger partial charge in [-0.15, -0.1) is 0 Å². The summed E-state index contributed by atoms with van der Waals surface area (Å²) >= 11 is 4.26. The molecule has 2 nitrogen and oxygen atoms in total. The van der Waals surface area contributed by atoms with E-state index in [9.17, 15) is 0 Å². The second-order valence-corrected chi connectivity index (χ2v) is 7.43. The summed E-state index contributed by atoms with van der Waals surface area (Å²) in [5, 5.41) is 0. The van der Waals surface area contributed by atoms with Gasteiger partial charge >= 0.3 is 0 Å². The quantitative estimate of drug-likeness (QED) is 0.313. The van der Waals surface area contributed by atoms with Gasteiger partial charge in [-0.25, -0.2) is 9.13 Å². The predicted octanol–water partition coefficient (Wildman–Crippen LogP) is 4.91. The number of hydrogen-bond donors (Lipinski definition) is 1. The zero-order valence-corrected chi connectivity index (χ0v) is 16.6. The first-order chi connectivity index (χ1) is 12.3. The Hall–Kier alpha value is -1.35. The van der Waals surface area contributed by atoms with Crippen molar-refractivity contribution in [3.8, 4) is 11.1 Å². The van der Waals surface area contributed by atoms with Crippen molar-refractivity contribution in [2.24, 2.45) is 7.05 Å². The van der Waals surface area contributed by atoms with Crippen molar-refractivity contribution in [1.29, 1.82) is 0 Å². The van der Waals surface area contributed by atoms with Crippen LogP contribution in [0.15, 0.2) is 49.1 Å². The fourth-order valence-corrected chi connectivity index (χ4v) is 3.36. The summed E-state index contributed by atoms with van der Waals surface area (Å²) in [7, 11) is 2.05. The van der Waals surface area contributed by atoms with Crippen LogP contribution in [0.25, 0.3) is 11.1 Å². The van der Waals surface area contributed by atoms with Crippen LogP contribution >= 0.6 is 12.6 Å². The van der Waals surface area contributed by atoms with Gasteiger partial charge in [-0.3, -0.25) is 0 Å². The second-order valence-electron chi connectivity index (χ2n) is 6.98. The summed E-state index contributed by atoms with van der Waals surface area (Å²) in [6.07, 6.45) is 20.9. The lowest BCUT2D eigenvalue weighted by Crippen LogP contribution is -2.32. The number of hydrogen-bond acceptors (Lipinski definition) is 1. The number of nitrogens with zero attached hydrogens (tertiary/aromatic N) is 2. The highest BCUT2D eigenvalue weighted by molar-refractivity contribution is 7.80. The lowest BCUT2D eigenvalue weighted by molar-refractivity contribution is -0.697. The molecule has 0 radical (unpaired) electrons. The van der Waals surface area contributed by atoms with Gasteiger partial charge in [-0.2, -0.15) is 12.6 Å². The van der Waals surface area contributed by atoms with E-state index < -0.39 is 0 Å². The normalized spacial score (nSPS) is 11.0. The van der Waals surface area contributed by atoms with Crippen LogP contribution in [0.4, 0.5) is 0 Å². The minimum atomic E-state index is 1.04. The van der Waals surface area contributed by atoms with Gasteiger partial charge in [0.25, 0.3) is 0 Å². The Morgan fingerprint density at radius 2 is 1.08 bits per heavy atom. The second kappa shape index (κ2) is 12.1. The van der Waals surface area contributed by atoms with E-state index in [-0.39, 0.29) is 0 Å². The summed E-state index contributed by atoms with van der Waals surface area (Å²) < 4.78 is 4.37. The molecule has 0 atom stereocenters. The topological polar surface area (TPSA) is 7.76 Å². The molecule has 0 spiro atoms. The molecule has 0 saturated heterocycles. The minimum absolute atomic E-state index is 1.04. The first-order valence-corrected chi connectivity index (χ1v) is 10.5. The van der Waals surface area contributed by atoms with E-state index in [0.717, 1.165) is 12.3 Å². The number of thiol groups is 1. The molecule has 0 aliphatic carbocycles. The van der Waals surface area contributed by atoms with E-state index >= 15 is 0 Å². The van der Waals surface area contributed by atoms with Crippen LogP contribution in [0.1, 0.15) is 57.8 Å². The lowest BCUT2D eigenvalue weighted by atomic mass is 10.1. The van der Waals surface area contributed by atoms with Crippen molar-refractivity contribution in [2.45, 2.75) is 64.3 Å². The molecule has 2 aromatic rings. The molecular weight excluding hydrogens is 324 g/mol. The maximum Gasteiger partial charge on any atom is 0.169 e. The summed E-state index contributed by atoms with van der Waals surface area (Å²) in [5.41, 5.74) is 2.56. The molecule has 0 aromatic carbocycles. The smallest absolute Gasteiger partial charge is 0.169 e. The van der Waals surface area contributed by atoms with E-state index in [2.05, 4.69) is 70.8 Å². The van der Waals surface area contributed by atoms with E-state index in [1.54, 1.807) is 0 Å². The summed E-state index contributed by atoms with van der Waals surface area (Å²) in [4.78, 5) is 0. The molecule has 3 heteroatoms. The number of aryl methyl sites for hydroxylation is 2. The molecule has 0 aliphatic rings. The third-order valence-electron chi connectivity index (χ3n) is 4.78. The van der Waals surface area contributed by atoms with Crippen molar-refractivity contribution in [3.05, 3.63) is 49.1 Å². The zero-order chi connectivity index (χ0) is 17.7. The Morgan fingerprint density at radius 1 is 0.640 bits per heavy atom.